The van der Waals surface area contributed by atoms with Gasteiger partial charge in [0.1, 0.15) is 0 Å². The molecule has 3 fully saturated rings. The van der Waals surface area contributed by atoms with Gasteiger partial charge in [0.05, 0.1) is 0 Å². The number of rotatable bonds is 3. The van der Waals surface area contributed by atoms with Crippen LogP contribution in [0.25, 0.3) is 0 Å². The summed E-state index contributed by atoms with van der Waals surface area (Å²) in [4.78, 5) is 2.91. The summed E-state index contributed by atoms with van der Waals surface area (Å²) in [6.45, 7) is 3.70. The summed E-state index contributed by atoms with van der Waals surface area (Å²) in [7, 11) is 0. The third-order valence-corrected chi connectivity index (χ3v) is 5.85. The van der Waals surface area contributed by atoms with Crippen LogP contribution < -0.4 is 0 Å². The van der Waals surface area contributed by atoms with Gasteiger partial charge in [-0.05, 0) is 50.5 Å². The second-order valence-electron chi connectivity index (χ2n) is 6.63. The van der Waals surface area contributed by atoms with Gasteiger partial charge in [-0.3, -0.25) is 4.90 Å². The summed E-state index contributed by atoms with van der Waals surface area (Å²) in [5.41, 5.74) is 0. The zero-order chi connectivity index (χ0) is 11.7. The Morgan fingerprint density at radius 3 is 2.06 bits per heavy atom. The normalized spacial score (nSPS) is 38.8. The average molecular weight is 235 g/mol. The highest BCUT2D eigenvalue weighted by Crippen LogP contribution is 2.52. The van der Waals surface area contributed by atoms with Gasteiger partial charge in [-0.15, -0.1) is 0 Å². The molecule has 0 N–H and O–H groups in total. The van der Waals surface area contributed by atoms with E-state index in [1.54, 1.807) is 12.8 Å². The zero-order valence-corrected chi connectivity index (χ0v) is 11.5. The minimum atomic E-state index is 0.937. The van der Waals surface area contributed by atoms with Crippen LogP contribution in [0.5, 0.6) is 0 Å². The molecule has 0 amide bonds. The minimum absolute atomic E-state index is 0.937. The van der Waals surface area contributed by atoms with Crippen molar-refractivity contribution >= 4 is 0 Å². The van der Waals surface area contributed by atoms with E-state index in [1.165, 1.54) is 57.9 Å². The molecule has 3 rings (SSSR count). The lowest BCUT2D eigenvalue weighted by Gasteiger charge is -2.58. The van der Waals surface area contributed by atoms with Gasteiger partial charge in [-0.25, -0.2) is 0 Å². The molecule has 0 aliphatic heterocycles. The average Bonchev–Trinajstić information content (AvgIpc) is 2.27. The largest absolute Gasteiger partial charge is 0.297 e. The van der Waals surface area contributed by atoms with E-state index in [0.29, 0.717) is 0 Å². The van der Waals surface area contributed by atoms with E-state index < -0.39 is 0 Å². The predicted molar refractivity (Wildman–Crippen MR) is 73.1 cm³/mol. The van der Waals surface area contributed by atoms with Crippen molar-refractivity contribution in [2.45, 2.75) is 83.2 Å². The Balaban J connectivity index is 1.58. The van der Waals surface area contributed by atoms with E-state index in [4.69, 9.17) is 0 Å². The van der Waals surface area contributed by atoms with E-state index >= 15 is 0 Å². The van der Waals surface area contributed by atoms with Crippen molar-refractivity contribution in [3.63, 3.8) is 0 Å². The Hall–Kier alpha value is -0.0400. The van der Waals surface area contributed by atoms with E-state index in [2.05, 4.69) is 11.8 Å². The van der Waals surface area contributed by atoms with Gasteiger partial charge in [-0.1, -0.05) is 39.0 Å². The van der Waals surface area contributed by atoms with Crippen molar-refractivity contribution in [2.75, 3.05) is 6.54 Å². The van der Waals surface area contributed by atoms with Gasteiger partial charge in [0, 0.05) is 12.1 Å². The van der Waals surface area contributed by atoms with Crippen LogP contribution in [-0.4, -0.2) is 23.5 Å². The fourth-order valence-corrected chi connectivity index (χ4v) is 4.59. The Labute approximate surface area is 107 Å². The molecular weight excluding hydrogens is 206 g/mol. The molecule has 0 heterocycles. The SMILES string of the molecule is CCN(C1CCCCCCC1)C1CC2CCC21. The van der Waals surface area contributed by atoms with Crippen molar-refractivity contribution in [3.8, 4) is 0 Å². The molecule has 3 unspecified atom stereocenters. The van der Waals surface area contributed by atoms with Gasteiger partial charge in [0.2, 0.25) is 0 Å². The Morgan fingerprint density at radius 1 is 0.882 bits per heavy atom. The molecule has 3 aliphatic carbocycles. The quantitative estimate of drug-likeness (QED) is 0.708. The molecule has 98 valence electrons. The fourth-order valence-electron chi connectivity index (χ4n) is 4.59. The predicted octanol–water partition coefficient (Wildman–Crippen LogP) is 4.22. The molecule has 0 bridgehead atoms. The maximum atomic E-state index is 2.91. The highest BCUT2D eigenvalue weighted by atomic mass is 15.2. The molecule has 3 aliphatic rings. The van der Waals surface area contributed by atoms with Crippen LogP contribution in [0.15, 0.2) is 0 Å². The first kappa shape index (κ1) is 12.0. The van der Waals surface area contributed by atoms with Crippen molar-refractivity contribution in [2.24, 2.45) is 11.8 Å². The molecule has 0 aromatic rings. The molecule has 0 saturated heterocycles. The molecule has 1 nitrogen and oxygen atoms in total. The summed E-state index contributed by atoms with van der Waals surface area (Å²) in [6, 6.07) is 1.93. The van der Waals surface area contributed by atoms with Crippen LogP contribution in [0, 0.1) is 11.8 Å². The van der Waals surface area contributed by atoms with Gasteiger partial charge in [0.15, 0.2) is 0 Å². The zero-order valence-electron chi connectivity index (χ0n) is 11.5. The van der Waals surface area contributed by atoms with Gasteiger partial charge >= 0.3 is 0 Å². The van der Waals surface area contributed by atoms with Crippen LogP contribution in [0.4, 0.5) is 0 Å². The lowest BCUT2D eigenvalue weighted by atomic mass is 9.55. The van der Waals surface area contributed by atoms with Crippen molar-refractivity contribution in [3.05, 3.63) is 0 Å². The maximum absolute atomic E-state index is 2.91. The topological polar surface area (TPSA) is 3.24 Å². The number of fused-ring (bicyclic) bond motifs is 1. The van der Waals surface area contributed by atoms with Crippen molar-refractivity contribution in [1.29, 1.82) is 0 Å². The molecule has 0 aromatic carbocycles. The monoisotopic (exact) mass is 235 g/mol. The molecule has 3 atom stereocenters. The Morgan fingerprint density at radius 2 is 1.59 bits per heavy atom. The Kier molecular flexibility index (Phi) is 3.75. The molecule has 1 heteroatoms. The highest BCUT2D eigenvalue weighted by molar-refractivity contribution is 5.02. The van der Waals surface area contributed by atoms with Crippen LogP contribution in [0.1, 0.15) is 71.1 Å². The highest BCUT2D eigenvalue weighted by Gasteiger charge is 2.49. The molecule has 0 radical (unpaired) electrons. The third-order valence-electron chi connectivity index (χ3n) is 5.85. The van der Waals surface area contributed by atoms with Crippen LogP contribution in [-0.2, 0) is 0 Å². The van der Waals surface area contributed by atoms with Gasteiger partial charge in [-0.2, -0.15) is 0 Å². The first-order valence-electron chi connectivity index (χ1n) is 8.16. The summed E-state index contributed by atoms with van der Waals surface area (Å²) in [5.74, 6) is 2.25. The fraction of sp³-hybridized carbons (Fsp3) is 1.00. The molecule has 3 saturated carbocycles. The molecule has 0 aromatic heterocycles. The van der Waals surface area contributed by atoms with E-state index in [-0.39, 0.29) is 0 Å². The number of hydrogen-bond acceptors (Lipinski definition) is 1. The van der Waals surface area contributed by atoms with Gasteiger partial charge in [0.25, 0.3) is 0 Å². The lowest BCUT2D eigenvalue weighted by molar-refractivity contribution is -0.0807. The Bertz CT molecular complexity index is 242. The van der Waals surface area contributed by atoms with Crippen LogP contribution >= 0.6 is 0 Å². The van der Waals surface area contributed by atoms with Crippen LogP contribution in [0.3, 0.4) is 0 Å². The van der Waals surface area contributed by atoms with Crippen LogP contribution in [0.2, 0.25) is 0 Å². The first-order chi connectivity index (χ1) is 8.40. The third kappa shape index (κ3) is 2.28. The molecule has 17 heavy (non-hydrogen) atoms. The smallest absolute Gasteiger partial charge is 0.0132 e. The summed E-state index contributed by atoms with van der Waals surface area (Å²) in [5, 5.41) is 0. The standard InChI is InChI=1S/C16H29N/c1-2-17(16-12-13-10-11-15(13)16)14-8-6-4-3-5-7-9-14/h13-16H,2-12H2,1H3. The van der Waals surface area contributed by atoms with E-state index in [9.17, 15) is 0 Å². The lowest BCUT2D eigenvalue weighted by Crippen LogP contribution is -2.59. The molecule has 0 spiro atoms. The second-order valence-corrected chi connectivity index (χ2v) is 6.63. The van der Waals surface area contributed by atoms with Gasteiger partial charge < -0.3 is 0 Å². The summed E-state index contributed by atoms with van der Waals surface area (Å²) >= 11 is 0. The summed E-state index contributed by atoms with van der Waals surface area (Å²) in [6.07, 6.45) is 15.0. The number of nitrogens with zero attached hydrogens (tertiary/aromatic N) is 1. The molecular formula is C16H29N. The minimum Gasteiger partial charge on any atom is -0.297 e. The van der Waals surface area contributed by atoms with E-state index in [0.717, 1.165) is 23.9 Å². The first-order valence-corrected chi connectivity index (χ1v) is 8.16. The second kappa shape index (κ2) is 5.30. The number of hydrogen-bond donors (Lipinski definition) is 0. The van der Waals surface area contributed by atoms with Crippen molar-refractivity contribution in [1.82, 2.24) is 4.90 Å². The maximum Gasteiger partial charge on any atom is 0.0132 e. The summed E-state index contributed by atoms with van der Waals surface area (Å²) < 4.78 is 0. The van der Waals surface area contributed by atoms with Crippen molar-refractivity contribution < 1.29 is 0 Å². The van der Waals surface area contributed by atoms with E-state index in [1.807, 2.05) is 0 Å².